The van der Waals surface area contributed by atoms with Gasteiger partial charge < -0.3 is 5.32 Å². The summed E-state index contributed by atoms with van der Waals surface area (Å²) in [5.41, 5.74) is 6.26. The number of carbonyl (C=O) groups is 1. The number of hydrogen-bond acceptors (Lipinski definition) is 2. The zero-order chi connectivity index (χ0) is 17.1. The van der Waals surface area contributed by atoms with Gasteiger partial charge in [0.15, 0.2) is 0 Å². The van der Waals surface area contributed by atoms with E-state index < -0.39 is 0 Å². The molecule has 1 aromatic carbocycles. The molecule has 1 fully saturated rings. The molecule has 0 radical (unpaired) electrons. The van der Waals surface area contributed by atoms with Gasteiger partial charge in [0.1, 0.15) is 5.69 Å². The molecule has 4 heteroatoms. The van der Waals surface area contributed by atoms with Crippen LogP contribution in [0.4, 0.5) is 5.69 Å². The molecule has 24 heavy (non-hydrogen) atoms. The lowest BCUT2D eigenvalue weighted by atomic mass is 10.0. The van der Waals surface area contributed by atoms with E-state index in [1.165, 1.54) is 11.1 Å². The quantitative estimate of drug-likeness (QED) is 0.831. The molecule has 128 valence electrons. The Bertz CT molecular complexity index is 726. The van der Waals surface area contributed by atoms with Crippen molar-refractivity contribution in [2.75, 3.05) is 5.32 Å². The maximum absolute atomic E-state index is 12.6. The molecule has 0 spiro atoms. The van der Waals surface area contributed by atoms with Gasteiger partial charge in [0.2, 0.25) is 5.91 Å². The maximum Gasteiger partial charge on any atom is 0.227 e. The molecular formula is C20H27N3O. The summed E-state index contributed by atoms with van der Waals surface area (Å²) in [5, 5.41) is 10.9. The minimum atomic E-state index is 0.150. The van der Waals surface area contributed by atoms with Crippen LogP contribution in [0.3, 0.4) is 0 Å². The van der Waals surface area contributed by atoms with Crippen LogP contribution in [0, 0.1) is 19.8 Å². The number of benzene rings is 1. The molecule has 4 nitrogen and oxygen atoms in total. The number of aromatic nitrogens is 2. The first kappa shape index (κ1) is 16.7. The third-order valence-electron chi connectivity index (χ3n) is 4.95. The van der Waals surface area contributed by atoms with Crippen molar-refractivity contribution < 1.29 is 4.79 Å². The number of nitrogens with one attached hydrogen (secondary N) is 2. The van der Waals surface area contributed by atoms with Crippen LogP contribution in [0.2, 0.25) is 0 Å². The smallest absolute Gasteiger partial charge is 0.227 e. The van der Waals surface area contributed by atoms with Crippen LogP contribution in [0.15, 0.2) is 18.2 Å². The average Bonchev–Trinajstić information content (AvgIpc) is 3.19. The van der Waals surface area contributed by atoms with Gasteiger partial charge in [0.25, 0.3) is 0 Å². The Morgan fingerprint density at radius 3 is 2.71 bits per heavy atom. The van der Waals surface area contributed by atoms with E-state index in [9.17, 15) is 4.79 Å². The van der Waals surface area contributed by atoms with Crippen molar-refractivity contribution in [3.63, 3.8) is 0 Å². The zero-order valence-corrected chi connectivity index (χ0v) is 14.9. The summed E-state index contributed by atoms with van der Waals surface area (Å²) < 4.78 is 0. The largest absolute Gasteiger partial charge is 0.322 e. The number of aromatic amines is 1. The topological polar surface area (TPSA) is 57.8 Å². The fraction of sp³-hybridized carbons (Fsp3) is 0.500. The molecule has 3 rings (SSSR count). The Kier molecular flexibility index (Phi) is 5.03. The molecule has 0 unspecified atom stereocenters. The molecule has 1 heterocycles. The van der Waals surface area contributed by atoms with Crippen molar-refractivity contribution in [1.29, 1.82) is 0 Å². The number of anilines is 1. The monoisotopic (exact) mass is 325 g/mol. The van der Waals surface area contributed by atoms with E-state index in [1.807, 2.05) is 0 Å². The molecule has 1 amide bonds. The fourth-order valence-electron chi connectivity index (χ4n) is 3.63. The number of aryl methyl sites for hydroxylation is 3. The van der Waals surface area contributed by atoms with Crippen molar-refractivity contribution >= 4 is 11.6 Å². The summed E-state index contributed by atoms with van der Waals surface area (Å²) in [6.07, 6.45) is 6.24. The molecule has 0 atom stereocenters. The predicted molar refractivity (Wildman–Crippen MR) is 98.1 cm³/mol. The summed E-state index contributed by atoms with van der Waals surface area (Å²) in [6.45, 7) is 6.33. The zero-order valence-electron chi connectivity index (χ0n) is 14.9. The highest BCUT2D eigenvalue weighted by Gasteiger charge is 2.25. The number of carbonyl (C=O) groups excluding carboxylic acids is 1. The molecule has 1 aliphatic rings. The highest BCUT2D eigenvalue weighted by molar-refractivity contribution is 5.97. The van der Waals surface area contributed by atoms with Crippen LogP contribution in [0.1, 0.15) is 55.8 Å². The van der Waals surface area contributed by atoms with E-state index in [-0.39, 0.29) is 11.8 Å². The minimum absolute atomic E-state index is 0.150. The van der Waals surface area contributed by atoms with Crippen molar-refractivity contribution in [1.82, 2.24) is 10.2 Å². The number of rotatable bonds is 5. The van der Waals surface area contributed by atoms with Gasteiger partial charge in [0.05, 0.1) is 11.4 Å². The van der Waals surface area contributed by atoms with Gasteiger partial charge in [-0.2, -0.15) is 5.10 Å². The second-order valence-corrected chi connectivity index (χ2v) is 6.96. The molecule has 0 aliphatic heterocycles. The lowest BCUT2D eigenvalue weighted by Crippen LogP contribution is -2.21. The number of nitrogens with zero attached hydrogens (tertiary/aromatic N) is 1. The van der Waals surface area contributed by atoms with Crippen LogP contribution in [0.25, 0.3) is 11.3 Å². The van der Waals surface area contributed by atoms with E-state index in [2.05, 4.69) is 54.5 Å². The summed E-state index contributed by atoms with van der Waals surface area (Å²) in [6, 6.07) is 6.35. The fourth-order valence-corrected chi connectivity index (χ4v) is 3.63. The molecule has 1 saturated carbocycles. The average molecular weight is 325 g/mol. The molecule has 1 aliphatic carbocycles. The van der Waals surface area contributed by atoms with Gasteiger partial charge in [-0.05, 0) is 38.7 Å². The summed E-state index contributed by atoms with van der Waals surface area (Å²) in [4.78, 5) is 12.6. The van der Waals surface area contributed by atoms with Crippen molar-refractivity contribution in [3.8, 4) is 11.3 Å². The molecule has 2 N–H and O–H groups in total. The molecule has 2 aromatic rings. The number of amides is 1. The van der Waals surface area contributed by atoms with Crippen molar-refractivity contribution in [2.45, 2.75) is 59.3 Å². The Hall–Kier alpha value is -2.10. The highest BCUT2D eigenvalue weighted by Crippen LogP contribution is 2.34. The lowest BCUT2D eigenvalue weighted by Gasteiger charge is -2.13. The first-order chi connectivity index (χ1) is 11.6. The second kappa shape index (κ2) is 7.20. The van der Waals surface area contributed by atoms with Crippen LogP contribution in [-0.4, -0.2) is 16.1 Å². The lowest BCUT2D eigenvalue weighted by molar-refractivity contribution is -0.119. The van der Waals surface area contributed by atoms with Crippen LogP contribution < -0.4 is 5.32 Å². The van der Waals surface area contributed by atoms with Crippen LogP contribution in [-0.2, 0) is 11.2 Å². The normalized spacial score (nSPS) is 15.0. The van der Waals surface area contributed by atoms with Gasteiger partial charge >= 0.3 is 0 Å². The Balaban J connectivity index is 1.95. The first-order valence-electron chi connectivity index (χ1n) is 9.06. The van der Waals surface area contributed by atoms with Gasteiger partial charge in [-0.25, -0.2) is 0 Å². The van der Waals surface area contributed by atoms with Gasteiger partial charge in [0, 0.05) is 11.5 Å². The van der Waals surface area contributed by atoms with Gasteiger partial charge in [-0.3, -0.25) is 9.89 Å². The van der Waals surface area contributed by atoms with E-state index in [0.717, 1.165) is 61.2 Å². The minimum Gasteiger partial charge on any atom is -0.322 e. The maximum atomic E-state index is 12.6. The highest BCUT2D eigenvalue weighted by atomic mass is 16.1. The van der Waals surface area contributed by atoms with Crippen LogP contribution >= 0.6 is 0 Å². The van der Waals surface area contributed by atoms with Crippen LogP contribution in [0.5, 0.6) is 0 Å². The Morgan fingerprint density at radius 1 is 1.29 bits per heavy atom. The predicted octanol–water partition coefficient (Wildman–Crippen LogP) is 4.77. The second-order valence-electron chi connectivity index (χ2n) is 6.96. The SMILES string of the molecule is CCCc1[nH]nc(-c2ccc(C)cc2C)c1NC(=O)C1CCCC1. The summed E-state index contributed by atoms with van der Waals surface area (Å²) in [7, 11) is 0. The van der Waals surface area contributed by atoms with E-state index >= 15 is 0 Å². The first-order valence-corrected chi connectivity index (χ1v) is 9.06. The summed E-state index contributed by atoms with van der Waals surface area (Å²) in [5.74, 6) is 0.304. The Labute approximate surface area is 144 Å². The molecule has 0 saturated heterocycles. The van der Waals surface area contributed by atoms with E-state index in [1.54, 1.807) is 0 Å². The van der Waals surface area contributed by atoms with E-state index in [4.69, 9.17) is 0 Å². The Morgan fingerprint density at radius 2 is 2.04 bits per heavy atom. The van der Waals surface area contributed by atoms with E-state index in [0.29, 0.717) is 0 Å². The van der Waals surface area contributed by atoms with Gasteiger partial charge in [-0.15, -0.1) is 0 Å². The standard InChI is InChI=1S/C20H27N3O/c1-4-7-17-19(21-20(24)15-8-5-6-9-15)18(23-22-17)16-11-10-13(2)12-14(16)3/h10-12,15H,4-9H2,1-3H3,(H,21,24)(H,22,23). The molecule has 1 aromatic heterocycles. The summed E-state index contributed by atoms with van der Waals surface area (Å²) >= 11 is 0. The number of hydrogen-bond donors (Lipinski definition) is 2. The molecule has 0 bridgehead atoms. The third kappa shape index (κ3) is 3.37. The van der Waals surface area contributed by atoms with Crippen molar-refractivity contribution in [3.05, 3.63) is 35.0 Å². The number of H-pyrrole nitrogens is 1. The van der Waals surface area contributed by atoms with Gasteiger partial charge in [-0.1, -0.05) is 49.9 Å². The van der Waals surface area contributed by atoms with Crippen molar-refractivity contribution in [2.24, 2.45) is 5.92 Å². The molecular weight excluding hydrogens is 298 g/mol. The third-order valence-corrected chi connectivity index (χ3v) is 4.95.